The first kappa shape index (κ1) is 103. The van der Waals surface area contributed by atoms with Gasteiger partial charge in [0.15, 0.2) is 0 Å². The maximum absolute atomic E-state index is 10.4. The Morgan fingerprint density at radius 3 is 0.750 bits per heavy atom. The van der Waals surface area contributed by atoms with E-state index in [0.717, 1.165) is 135 Å². The summed E-state index contributed by atoms with van der Waals surface area (Å²) in [7, 11) is 0. The van der Waals surface area contributed by atoms with Crippen molar-refractivity contribution in [3.05, 3.63) is 411 Å². The fourth-order valence-electron chi connectivity index (χ4n) is 15.2. The molecule has 0 unspecified atom stereocenters. The molecule has 0 bridgehead atoms. The predicted molar refractivity (Wildman–Crippen MR) is 540 cm³/mol. The Bertz CT molecular complexity index is 7060. The molecule has 0 spiro atoms. The summed E-state index contributed by atoms with van der Waals surface area (Å²) >= 11 is 0. The van der Waals surface area contributed by atoms with Gasteiger partial charge in [0, 0.05) is 159 Å². The van der Waals surface area contributed by atoms with Crippen molar-refractivity contribution in [2.45, 2.75) is 131 Å². The molecule has 0 aliphatic heterocycles. The molecule has 0 fully saturated rings. The van der Waals surface area contributed by atoms with E-state index < -0.39 is 0 Å². The molecule has 0 atom stereocenters. The normalized spacial score (nSPS) is 11.2. The van der Waals surface area contributed by atoms with Gasteiger partial charge in [-0.05, 0) is 158 Å². The molecule has 0 saturated heterocycles. The number of rotatable bonds is 14. The molecule has 18 aromatic rings. The van der Waals surface area contributed by atoms with Crippen LogP contribution in [0.15, 0.2) is 358 Å². The van der Waals surface area contributed by atoms with E-state index in [9.17, 15) is 20.4 Å². The summed E-state index contributed by atoms with van der Waals surface area (Å²) in [6.45, 7) is 33.3. The van der Waals surface area contributed by atoms with Gasteiger partial charge in [-0.3, -0.25) is 39.9 Å². The molecule has 16 heteroatoms. The first-order valence-electron chi connectivity index (χ1n) is 44.5. The van der Waals surface area contributed by atoms with Crippen LogP contribution in [0.2, 0.25) is 0 Å². The maximum Gasteiger partial charge on any atom is 0.124 e. The van der Waals surface area contributed by atoms with Gasteiger partial charge in [-0.1, -0.05) is 341 Å². The van der Waals surface area contributed by atoms with Gasteiger partial charge in [0.25, 0.3) is 0 Å². The second kappa shape index (κ2) is 44.8. The van der Waals surface area contributed by atoms with Gasteiger partial charge in [-0.25, -0.2) is 0 Å². The number of phenolic OH excluding ortho intramolecular Hbond substituents is 4. The third-order valence-electron chi connectivity index (χ3n) is 22.9. The zero-order valence-electron chi connectivity index (χ0n) is 78.7. The SMILES string of the molecule is CC(C)(C)c1cc(-c2[c-]c(-c3ccccn3)ccc2)nc(-c2ccccc2O)c1.CC(C)(C)c1cc(-c2cc(-c3ccccn3)[c-]c(-c3cccc(-c4ccccc4O)n3)c2)cc(C(C)(C)C)c1.CC(C)(C)c1cc(-c2ccccn2)[c-]c(-c2cccc(-c3ccccc3O)n2)c1.CC(C)(C)c1ccc(-c2cc(-c3ccccn3)[c-]c(-c3cccc(-c4ccccc4O)n3)c2)cc1.[Ni].[Ni].[Ni].[Ni]. The number of pyridine rings is 8. The van der Waals surface area contributed by atoms with E-state index in [0.29, 0.717) is 28.1 Å². The summed E-state index contributed by atoms with van der Waals surface area (Å²) in [5, 5.41) is 41.3. The Kier molecular flexibility index (Phi) is 34.0. The van der Waals surface area contributed by atoms with E-state index in [1.165, 1.54) is 22.3 Å². The topological polar surface area (TPSA) is 184 Å². The molecule has 8 aromatic heterocycles. The van der Waals surface area contributed by atoms with Crippen molar-refractivity contribution < 1.29 is 86.4 Å². The van der Waals surface area contributed by atoms with Crippen LogP contribution in [0, 0.1) is 24.3 Å². The minimum absolute atomic E-state index is 0. The Labute approximate surface area is 841 Å². The monoisotopic (exact) mass is 1960 g/mol. The van der Waals surface area contributed by atoms with Crippen molar-refractivity contribution in [3.8, 4) is 180 Å². The average Bonchev–Trinajstić information content (AvgIpc) is 0.701. The van der Waals surface area contributed by atoms with Crippen molar-refractivity contribution >= 4 is 0 Å². The number of aromatic nitrogens is 8. The molecule has 18 rings (SSSR count). The largest absolute Gasteiger partial charge is 0.507 e. The Morgan fingerprint density at radius 2 is 0.412 bits per heavy atom. The Balaban J connectivity index is 0.000000174. The van der Waals surface area contributed by atoms with Gasteiger partial charge >= 0.3 is 0 Å². The third kappa shape index (κ3) is 25.8. The summed E-state index contributed by atoms with van der Waals surface area (Å²) in [6, 6.07) is 123. The van der Waals surface area contributed by atoms with Crippen LogP contribution in [0.4, 0.5) is 0 Å². The summed E-state index contributed by atoms with van der Waals surface area (Å²) in [4.78, 5) is 37.6. The van der Waals surface area contributed by atoms with Crippen molar-refractivity contribution in [1.82, 2.24) is 39.9 Å². The van der Waals surface area contributed by atoms with Gasteiger partial charge in [0.05, 0.1) is 22.8 Å². The average molecular weight is 1960 g/mol. The van der Waals surface area contributed by atoms with Gasteiger partial charge in [-0.2, -0.15) is 0 Å². The van der Waals surface area contributed by atoms with Gasteiger partial charge in [0.1, 0.15) is 23.0 Å². The molecule has 0 saturated carbocycles. The molecule has 8 heterocycles. The zero-order chi connectivity index (χ0) is 93.1. The van der Waals surface area contributed by atoms with Crippen LogP contribution < -0.4 is 0 Å². The van der Waals surface area contributed by atoms with Crippen molar-refractivity contribution in [1.29, 1.82) is 0 Å². The Hall–Kier alpha value is -13.4. The van der Waals surface area contributed by atoms with Crippen LogP contribution in [0.3, 0.4) is 0 Å². The number of hydrogen-bond acceptors (Lipinski definition) is 12. The molecule has 0 amide bonds. The van der Waals surface area contributed by atoms with E-state index in [4.69, 9.17) is 19.9 Å². The Morgan fingerprint density at radius 1 is 0.176 bits per heavy atom. The van der Waals surface area contributed by atoms with E-state index in [1.807, 2.05) is 225 Å². The second-order valence-corrected chi connectivity index (χ2v) is 38.0. The van der Waals surface area contributed by atoms with Gasteiger partial charge in [-0.15, -0.1) is 84.4 Å². The van der Waals surface area contributed by atoms with Crippen LogP contribution >= 0.6 is 0 Å². The molecule has 0 aliphatic carbocycles. The molecule has 696 valence electrons. The second-order valence-electron chi connectivity index (χ2n) is 38.0. The molecule has 12 nitrogen and oxygen atoms in total. The molecule has 4 N–H and O–H groups in total. The summed E-state index contributed by atoms with van der Waals surface area (Å²) in [6.07, 6.45) is 7.18. The molecule has 0 radical (unpaired) electrons. The van der Waals surface area contributed by atoms with E-state index in [-0.39, 0.29) is 116 Å². The number of phenols is 4. The minimum Gasteiger partial charge on any atom is -0.507 e. The molecule has 10 aromatic carbocycles. The standard InChI is InChI=1S/C36H35N2O.C32H27N2O.2C26H23N2O.4Ni/c1-35(2,3)28-21-25(22-29(23-28)36(4,5)6)24-18-26(31-13-9-10-17-37-31)20-27(19-24)32-14-11-15-33(38-32)30-12-7-8-16-34(30)39;1-32(2,3)26-16-14-22(15-17-26)23-19-24(28-10-6-7-18-33-28)21-25(20-23)29-11-8-12-30(34-29)27-9-4-5-13-31(27)35;1-26(2,3)20-16-23(28-24(17-20)21-11-4-5-13-25(21)29)19-10-8-9-18(15-19)22-12-6-7-14-27-22;1-26(2,3)20-16-18(22-10-6-7-14-27-22)15-19(17-20)23-11-8-12-24(28-23)21-9-4-5-13-25(21)29;;;;/h7-19,21-23,39H,1-6H3;4-20,35H,1-3H3;2*4-14,16-17,29H,1-3H3;;;;/q4*-1;;;;. The van der Waals surface area contributed by atoms with Crippen LogP contribution in [-0.4, -0.2) is 60.3 Å². The number of nitrogens with zero attached hydrogens (tertiary/aromatic N) is 8. The number of benzene rings is 10. The molecular formula is C120H108N8Ni4O4-4. The van der Waals surface area contributed by atoms with E-state index in [1.54, 1.807) is 42.9 Å². The zero-order valence-corrected chi connectivity index (χ0v) is 82.6. The van der Waals surface area contributed by atoms with Crippen LogP contribution in [0.1, 0.15) is 132 Å². The van der Waals surface area contributed by atoms with Crippen molar-refractivity contribution in [2.75, 3.05) is 0 Å². The van der Waals surface area contributed by atoms with Crippen LogP contribution in [0.25, 0.3) is 157 Å². The first-order valence-corrected chi connectivity index (χ1v) is 44.5. The molecular weight excluding hydrogens is 1850 g/mol. The minimum atomic E-state index is -0.0601. The van der Waals surface area contributed by atoms with E-state index in [2.05, 4.69) is 239 Å². The van der Waals surface area contributed by atoms with E-state index >= 15 is 0 Å². The maximum atomic E-state index is 10.4. The third-order valence-corrected chi connectivity index (χ3v) is 22.9. The fraction of sp³-hybridized carbons (Fsp3) is 0.167. The molecule has 136 heavy (non-hydrogen) atoms. The van der Waals surface area contributed by atoms with Crippen LogP contribution in [-0.2, 0) is 93.0 Å². The fourth-order valence-corrected chi connectivity index (χ4v) is 15.2. The number of hydrogen-bond donors (Lipinski definition) is 4. The quantitative estimate of drug-likeness (QED) is 0.0598. The molecule has 0 aliphatic rings. The summed E-state index contributed by atoms with van der Waals surface area (Å²) in [5.74, 6) is 0.868. The summed E-state index contributed by atoms with van der Waals surface area (Å²) in [5.41, 5.74) is 30.5. The smallest absolute Gasteiger partial charge is 0.124 e. The van der Waals surface area contributed by atoms with Crippen molar-refractivity contribution in [2.24, 2.45) is 0 Å². The van der Waals surface area contributed by atoms with Gasteiger partial charge < -0.3 is 20.4 Å². The number of para-hydroxylation sites is 4. The van der Waals surface area contributed by atoms with Gasteiger partial charge in [0.2, 0.25) is 0 Å². The predicted octanol–water partition coefficient (Wildman–Crippen LogP) is 29.7. The first-order chi connectivity index (χ1) is 63.2. The van der Waals surface area contributed by atoms with Crippen LogP contribution in [0.5, 0.6) is 23.0 Å². The number of aromatic hydroxyl groups is 4. The van der Waals surface area contributed by atoms with Crippen molar-refractivity contribution in [3.63, 3.8) is 0 Å². The summed E-state index contributed by atoms with van der Waals surface area (Å²) < 4.78 is 0.